The molecule has 1 atom stereocenters. The topological polar surface area (TPSA) is 54.9 Å². The van der Waals surface area contributed by atoms with Crippen molar-refractivity contribution in [3.63, 3.8) is 0 Å². The second-order valence-electron chi connectivity index (χ2n) is 6.11. The van der Waals surface area contributed by atoms with Gasteiger partial charge in [0.05, 0.1) is 10.8 Å². The Labute approximate surface area is 147 Å². The van der Waals surface area contributed by atoms with Gasteiger partial charge in [-0.15, -0.1) is 0 Å². The molecule has 0 fully saturated rings. The molecule has 0 unspecified atom stereocenters. The summed E-state index contributed by atoms with van der Waals surface area (Å²) in [6.07, 6.45) is 9.83. The zero-order valence-electron chi connectivity index (χ0n) is 14.0. The van der Waals surface area contributed by atoms with E-state index in [-0.39, 0.29) is 11.2 Å². The third kappa shape index (κ3) is 4.35. The monoisotopic (exact) mass is 341 g/mol. The number of carbonyl (C=O) groups excluding carboxylic acids is 1. The Morgan fingerprint density at radius 3 is 3.00 bits per heavy atom. The molecule has 1 amide bonds. The van der Waals surface area contributed by atoms with Crippen molar-refractivity contribution in [2.24, 2.45) is 0 Å². The molecule has 0 bridgehead atoms. The van der Waals surface area contributed by atoms with Crippen LogP contribution in [0.3, 0.4) is 0 Å². The van der Waals surface area contributed by atoms with Gasteiger partial charge in [0.25, 0.3) is 0 Å². The molecular weight excluding hydrogens is 318 g/mol. The van der Waals surface area contributed by atoms with E-state index >= 15 is 0 Å². The van der Waals surface area contributed by atoms with E-state index in [2.05, 4.69) is 21.4 Å². The van der Waals surface area contributed by atoms with Gasteiger partial charge < -0.3 is 5.32 Å². The van der Waals surface area contributed by atoms with Crippen LogP contribution in [-0.2, 0) is 4.79 Å². The SMILES string of the molecule is C[C@H](Sc1ncnc2ccccc12)C(=O)NCCC1=CCCCC1. The smallest absolute Gasteiger partial charge is 0.233 e. The van der Waals surface area contributed by atoms with Crippen LogP contribution in [0.5, 0.6) is 0 Å². The second-order valence-corrected chi connectivity index (χ2v) is 7.43. The number of benzene rings is 1. The predicted octanol–water partition coefficient (Wildman–Crippen LogP) is 4.12. The minimum Gasteiger partial charge on any atom is -0.355 e. The van der Waals surface area contributed by atoms with E-state index < -0.39 is 0 Å². The molecule has 0 aliphatic heterocycles. The maximum atomic E-state index is 12.3. The highest BCUT2D eigenvalue weighted by Gasteiger charge is 2.16. The summed E-state index contributed by atoms with van der Waals surface area (Å²) >= 11 is 1.49. The summed E-state index contributed by atoms with van der Waals surface area (Å²) in [6.45, 7) is 2.65. The third-order valence-corrected chi connectivity index (χ3v) is 5.41. The van der Waals surface area contributed by atoms with E-state index in [4.69, 9.17) is 0 Å². The van der Waals surface area contributed by atoms with Crippen molar-refractivity contribution in [1.29, 1.82) is 0 Å². The molecule has 1 aliphatic carbocycles. The Morgan fingerprint density at radius 1 is 1.29 bits per heavy atom. The standard InChI is InChI=1S/C19H23N3OS/c1-14(18(23)20-12-11-15-7-3-2-4-8-15)24-19-16-9-5-6-10-17(16)21-13-22-19/h5-7,9-10,13-14H,2-4,8,11-12H2,1H3,(H,20,23)/t14-/m0/s1. The number of fused-ring (bicyclic) bond motifs is 1. The lowest BCUT2D eigenvalue weighted by Gasteiger charge is -2.15. The van der Waals surface area contributed by atoms with Gasteiger partial charge in [-0.3, -0.25) is 4.79 Å². The summed E-state index contributed by atoms with van der Waals surface area (Å²) < 4.78 is 0. The molecule has 0 spiro atoms. The van der Waals surface area contributed by atoms with Crippen molar-refractivity contribution in [3.8, 4) is 0 Å². The fraction of sp³-hybridized carbons (Fsp3) is 0.421. The minimum absolute atomic E-state index is 0.0686. The molecule has 0 radical (unpaired) electrons. The Kier molecular flexibility index (Phi) is 5.86. The highest BCUT2D eigenvalue weighted by molar-refractivity contribution is 8.00. The number of nitrogens with one attached hydrogen (secondary N) is 1. The number of nitrogens with zero attached hydrogens (tertiary/aromatic N) is 2. The molecule has 1 N–H and O–H groups in total. The van der Waals surface area contributed by atoms with Crippen LogP contribution < -0.4 is 5.32 Å². The number of hydrogen-bond acceptors (Lipinski definition) is 4. The molecule has 126 valence electrons. The number of para-hydroxylation sites is 1. The van der Waals surface area contributed by atoms with E-state index in [9.17, 15) is 4.79 Å². The number of thioether (sulfide) groups is 1. The molecule has 4 nitrogen and oxygen atoms in total. The maximum absolute atomic E-state index is 12.3. The first-order chi connectivity index (χ1) is 11.7. The Hall–Kier alpha value is -1.88. The minimum atomic E-state index is -0.177. The molecule has 0 saturated carbocycles. The Balaban J connectivity index is 1.54. The molecule has 5 heteroatoms. The van der Waals surface area contributed by atoms with Crippen LogP contribution in [0, 0.1) is 0 Å². The summed E-state index contributed by atoms with van der Waals surface area (Å²) in [5.74, 6) is 0.0686. The fourth-order valence-corrected chi connectivity index (χ4v) is 3.85. The van der Waals surface area contributed by atoms with E-state index in [1.54, 1.807) is 6.33 Å². The van der Waals surface area contributed by atoms with E-state index in [1.165, 1.54) is 43.0 Å². The van der Waals surface area contributed by atoms with Crippen molar-refractivity contribution in [1.82, 2.24) is 15.3 Å². The van der Waals surface area contributed by atoms with E-state index in [1.807, 2.05) is 31.2 Å². The van der Waals surface area contributed by atoms with Crippen LogP contribution in [-0.4, -0.2) is 27.7 Å². The van der Waals surface area contributed by atoms with Gasteiger partial charge in [-0.2, -0.15) is 0 Å². The van der Waals surface area contributed by atoms with Crippen LogP contribution in [0.25, 0.3) is 10.9 Å². The largest absolute Gasteiger partial charge is 0.355 e. The summed E-state index contributed by atoms with van der Waals surface area (Å²) in [5, 5.41) is 4.73. The number of carbonyl (C=O) groups is 1. The third-order valence-electron chi connectivity index (χ3n) is 4.29. The second kappa shape index (κ2) is 8.29. The van der Waals surface area contributed by atoms with Crippen molar-refractivity contribution in [2.45, 2.75) is 49.3 Å². The van der Waals surface area contributed by atoms with Gasteiger partial charge in [0.1, 0.15) is 11.4 Å². The molecule has 2 aromatic rings. The molecule has 1 aromatic heterocycles. The molecular formula is C19H23N3OS. The molecule has 1 heterocycles. The number of amides is 1. The summed E-state index contributed by atoms with van der Waals surface area (Å²) in [4.78, 5) is 20.9. The fourth-order valence-electron chi connectivity index (χ4n) is 2.92. The zero-order chi connectivity index (χ0) is 16.8. The summed E-state index contributed by atoms with van der Waals surface area (Å²) in [5.41, 5.74) is 2.40. The van der Waals surface area contributed by atoms with Gasteiger partial charge in [-0.1, -0.05) is 41.6 Å². The van der Waals surface area contributed by atoms with Gasteiger partial charge in [-0.25, -0.2) is 9.97 Å². The van der Waals surface area contributed by atoms with Gasteiger partial charge in [0, 0.05) is 11.9 Å². The van der Waals surface area contributed by atoms with Crippen LogP contribution in [0.2, 0.25) is 0 Å². The molecule has 1 aromatic carbocycles. The predicted molar refractivity (Wildman–Crippen MR) is 99.0 cm³/mol. The lowest BCUT2D eigenvalue weighted by atomic mass is 9.97. The maximum Gasteiger partial charge on any atom is 0.233 e. The number of aromatic nitrogens is 2. The lowest BCUT2D eigenvalue weighted by Crippen LogP contribution is -2.32. The van der Waals surface area contributed by atoms with E-state index in [0.717, 1.165) is 28.9 Å². The molecule has 0 saturated heterocycles. The van der Waals surface area contributed by atoms with E-state index in [0.29, 0.717) is 0 Å². The van der Waals surface area contributed by atoms with Crippen LogP contribution in [0.15, 0.2) is 47.3 Å². The number of rotatable bonds is 6. The van der Waals surface area contributed by atoms with Gasteiger partial charge in [-0.05, 0) is 45.1 Å². The zero-order valence-corrected chi connectivity index (χ0v) is 14.8. The first kappa shape index (κ1) is 17.0. The van der Waals surface area contributed by atoms with Crippen molar-refractivity contribution in [2.75, 3.05) is 6.54 Å². The quantitative estimate of drug-likeness (QED) is 0.488. The highest BCUT2D eigenvalue weighted by Crippen LogP contribution is 2.27. The first-order valence-corrected chi connectivity index (χ1v) is 9.44. The highest BCUT2D eigenvalue weighted by atomic mass is 32.2. The Morgan fingerprint density at radius 2 is 2.17 bits per heavy atom. The first-order valence-electron chi connectivity index (χ1n) is 8.56. The van der Waals surface area contributed by atoms with Gasteiger partial charge >= 0.3 is 0 Å². The summed E-state index contributed by atoms with van der Waals surface area (Å²) in [7, 11) is 0. The van der Waals surface area contributed by atoms with Gasteiger partial charge in [0.15, 0.2) is 0 Å². The van der Waals surface area contributed by atoms with Crippen LogP contribution in [0.1, 0.15) is 39.0 Å². The van der Waals surface area contributed by atoms with Crippen LogP contribution >= 0.6 is 11.8 Å². The Bertz CT molecular complexity index is 739. The van der Waals surface area contributed by atoms with Crippen molar-refractivity contribution >= 4 is 28.6 Å². The van der Waals surface area contributed by atoms with Gasteiger partial charge in [0.2, 0.25) is 5.91 Å². The normalized spacial score (nSPS) is 15.8. The lowest BCUT2D eigenvalue weighted by molar-refractivity contribution is -0.120. The van der Waals surface area contributed by atoms with Crippen molar-refractivity contribution in [3.05, 3.63) is 42.2 Å². The molecule has 24 heavy (non-hydrogen) atoms. The average molecular weight is 341 g/mol. The molecule has 3 rings (SSSR count). The van der Waals surface area contributed by atoms with Crippen LogP contribution in [0.4, 0.5) is 0 Å². The number of allylic oxidation sites excluding steroid dienone is 1. The van der Waals surface area contributed by atoms with Crippen molar-refractivity contribution < 1.29 is 4.79 Å². The average Bonchev–Trinajstić information content (AvgIpc) is 2.63. The molecule has 1 aliphatic rings. The summed E-state index contributed by atoms with van der Waals surface area (Å²) in [6, 6.07) is 7.89. The number of hydrogen-bond donors (Lipinski definition) is 1.